The summed E-state index contributed by atoms with van der Waals surface area (Å²) in [5.41, 5.74) is 4.88. The smallest absolute Gasteiger partial charge is 0.353 e. The summed E-state index contributed by atoms with van der Waals surface area (Å²) in [6.07, 6.45) is 0.448. The highest BCUT2D eigenvalue weighted by molar-refractivity contribution is 7.89. The molecule has 1 unspecified atom stereocenters. The number of aliphatic carboxylic acids is 1. The first-order valence-corrected chi connectivity index (χ1v) is 7.78. The van der Waals surface area contributed by atoms with Crippen LogP contribution in [0.4, 0.5) is 0 Å². The quantitative estimate of drug-likeness (QED) is 0.314. The number of carboxylic acids is 1. The zero-order valence-electron chi connectivity index (χ0n) is 11.4. The predicted octanol–water partition coefficient (Wildman–Crippen LogP) is -1.37. The van der Waals surface area contributed by atoms with Crippen LogP contribution in [0.2, 0.25) is 0 Å². The van der Waals surface area contributed by atoms with E-state index in [1.165, 1.54) is 6.92 Å². The van der Waals surface area contributed by atoms with Gasteiger partial charge in [0.2, 0.25) is 5.91 Å². The molecule has 9 heteroatoms. The minimum atomic E-state index is -1.54. The third kappa shape index (κ3) is 2.58. The number of hydrogen-bond donors (Lipinski definition) is 3. The van der Waals surface area contributed by atoms with E-state index in [0.29, 0.717) is 0 Å². The second-order valence-corrected chi connectivity index (χ2v) is 6.52. The molecule has 1 saturated heterocycles. The molecule has 0 aromatic carbocycles. The van der Waals surface area contributed by atoms with Crippen LogP contribution in [-0.2, 0) is 20.4 Å². The van der Waals surface area contributed by atoms with E-state index in [2.05, 4.69) is 4.99 Å². The highest BCUT2D eigenvalue weighted by atomic mass is 32.2. The Labute approximate surface area is 123 Å². The number of carbonyl (C=O) groups is 2. The second-order valence-electron chi connectivity index (χ2n) is 4.93. The van der Waals surface area contributed by atoms with Crippen LogP contribution in [0, 0.1) is 5.92 Å². The van der Waals surface area contributed by atoms with Gasteiger partial charge in [-0.05, 0) is 6.92 Å². The molecule has 4 N–H and O–H groups in total. The molecule has 0 bridgehead atoms. The number of fused-ring (bicyclic) bond motifs is 1. The van der Waals surface area contributed by atoms with Crippen LogP contribution in [0.3, 0.4) is 0 Å². The third-order valence-electron chi connectivity index (χ3n) is 3.68. The summed E-state index contributed by atoms with van der Waals surface area (Å²) in [7, 11) is -1.54. The fraction of sp³-hybridized carbons (Fsp3) is 0.583. The molecule has 0 aliphatic carbocycles. The van der Waals surface area contributed by atoms with Gasteiger partial charge in [0.25, 0.3) is 0 Å². The lowest BCUT2D eigenvalue weighted by Crippen LogP contribution is -2.61. The van der Waals surface area contributed by atoms with Crippen molar-refractivity contribution in [2.75, 3.05) is 12.3 Å². The highest BCUT2D eigenvalue weighted by Crippen LogP contribution is 2.44. The molecule has 0 aromatic rings. The second kappa shape index (κ2) is 5.94. The van der Waals surface area contributed by atoms with Gasteiger partial charge in [-0.15, -0.1) is 0 Å². The molecule has 116 valence electrons. The highest BCUT2D eigenvalue weighted by Gasteiger charge is 2.57. The average molecular weight is 315 g/mol. The number of hydrogen-bond acceptors (Lipinski definition) is 5. The number of amides is 1. The fourth-order valence-corrected chi connectivity index (χ4v) is 4.04. The lowest BCUT2D eigenvalue weighted by Gasteiger charge is -2.44. The maximum Gasteiger partial charge on any atom is 0.353 e. The first-order valence-electron chi connectivity index (χ1n) is 6.46. The van der Waals surface area contributed by atoms with Crippen LogP contribution >= 0.6 is 0 Å². The maximum absolute atomic E-state index is 12.2. The predicted molar refractivity (Wildman–Crippen MR) is 75.6 cm³/mol. The van der Waals surface area contributed by atoms with Gasteiger partial charge in [-0.2, -0.15) is 0 Å². The summed E-state index contributed by atoms with van der Waals surface area (Å²) >= 11 is 0. The van der Waals surface area contributed by atoms with Gasteiger partial charge in [0.05, 0.1) is 41.7 Å². The van der Waals surface area contributed by atoms with Crippen LogP contribution in [0.15, 0.2) is 15.6 Å². The molecule has 2 aliphatic rings. The molecule has 1 amide bonds. The van der Waals surface area contributed by atoms with Crippen molar-refractivity contribution in [1.29, 1.82) is 0 Å². The van der Waals surface area contributed by atoms with E-state index in [-0.39, 0.29) is 29.3 Å². The lowest BCUT2D eigenvalue weighted by atomic mass is 9.83. The summed E-state index contributed by atoms with van der Waals surface area (Å²) in [5.74, 6) is -2.19. The molecule has 0 spiro atoms. The van der Waals surface area contributed by atoms with E-state index < -0.39 is 40.7 Å². The summed E-state index contributed by atoms with van der Waals surface area (Å²) in [5, 5.41) is 18.9. The Balaban J connectivity index is 2.22. The molecule has 21 heavy (non-hydrogen) atoms. The Hall–Kier alpha value is -1.74. The van der Waals surface area contributed by atoms with Gasteiger partial charge in [0.15, 0.2) is 0 Å². The molecule has 0 radical (unpaired) electrons. The molecule has 2 heterocycles. The average Bonchev–Trinajstić information content (AvgIpc) is 2.73. The van der Waals surface area contributed by atoms with Crippen molar-refractivity contribution < 1.29 is 24.0 Å². The Morgan fingerprint density at radius 1 is 1.67 bits per heavy atom. The molecule has 0 aromatic heterocycles. The Bertz CT molecular complexity index is 557. The van der Waals surface area contributed by atoms with E-state index in [9.17, 15) is 24.0 Å². The number of aliphatic hydroxyl groups excluding tert-OH is 1. The number of aliphatic imine (C=N–C) groups is 1. The van der Waals surface area contributed by atoms with Gasteiger partial charge in [0, 0.05) is 17.1 Å². The topological polar surface area (TPSA) is 133 Å². The largest absolute Gasteiger partial charge is 0.477 e. The molecule has 4 atom stereocenters. The van der Waals surface area contributed by atoms with Crippen molar-refractivity contribution in [3.63, 3.8) is 0 Å². The minimum absolute atomic E-state index is 0.147. The van der Waals surface area contributed by atoms with Gasteiger partial charge in [-0.1, -0.05) is 0 Å². The van der Waals surface area contributed by atoms with Gasteiger partial charge < -0.3 is 20.8 Å². The number of rotatable bonds is 6. The Morgan fingerprint density at radius 2 is 2.33 bits per heavy atom. The lowest BCUT2D eigenvalue weighted by molar-refractivity contribution is -0.161. The van der Waals surface area contributed by atoms with E-state index in [0.717, 1.165) is 11.2 Å². The molecular formula is C12H17N3O5S. The van der Waals surface area contributed by atoms with Crippen LogP contribution in [-0.4, -0.2) is 62.0 Å². The summed E-state index contributed by atoms with van der Waals surface area (Å²) in [4.78, 5) is 28.4. The number of nitrogens with two attached hydrogens (primary N) is 1. The summed E-state index contributed by atoms with van der Waals surface area (Å²) in [6, 6.07) is -0.416. The minimum Gasteiger partial charge on any atom is -0.477 e. The number of carboxylic acid groups (broad SMARTS) is 1. The molecule has 2 rings (SSSR count). The van der Waals surface area contributed by atoms with Crippen LogP contribution in [0.25, 0.3) is 0 Å². The van der Waals surface area contributed by atoms with E-state index in [1.807, 2.05) is 0 Å². The van der Waals surface area contributed by atoms with Crippen LogP contribution in [0.1, 0.15) is 13.3 Å². The van der Waals surface area contributed by atoms with Crippen molar-refractivity contribution in [2.45, 2.75) is 25.5 Å². The van der Waals surface area contributed by atoms with Crippen LogP contribution in [0.5, 0.6) is 0 Å². The van der Waals surface area contributed by atoms with Crippen molar-refractivity contribution >= 4 is 29.0 Å². The number of β-lactam (4-membered cyclic amide) rings is 1. The normalized spacial score (nSPS) is 27.7. The first-order chi connectivity index (χ1) is 9.90. The number of nitrogens with zero attached hydrogens (tertiary/aromatic N) is 2. The fourth-order valence-electron chi connectivity index (χ4n) is 2.77. The zero-order chi connectivity index (χ0) is 15.7. The van der Waals surface area contributed by atoms with Gasteiger partial charge >= 0.3 is 5.97 Å². The van der Waals surface area contributed by atoms with Crippen molar-refractivity contribution in [1.82, 2.24) is 4.90 Å². The van der Waals surface area contributed by atoms with Crippen LogP contribution < -0.4 is 5.73 Å². The van der Waals surface area contributed by atoms with Gasteiger partial charge in [-0.3, -0.25) is 14.0 Å². The van der Waals surface area contributed by atoms with E-state index >= 15 is 0 Å². The van der Waals surface area contributed by atoms with Gasteiger partial charge in [-0.25, -0.2) is 4.79 Å². The van der Waals surface area contributed by atoms with E-state index in [1.54, 1.807) is 0 Å². The molecule has 1 fully saturated rings. The van der Waals surface area contributed by atoms with Crippen molar-refractivity contribution in [3.8, 4) is 0 Å². The van der Waals surface area contributed by atoms with E-state index in [4.69, 9.17) is 5.73 Å². The monoisotopic (exact) mass is 315 g/mol. The van der Waals surface area contributed by atoms with Crippen molar-refractivity contribution in [3.05, 3.63) is 10.6 Å². The Morgan fingerprint density at radius 3 is 2.86 bits per heavy atom. The molecule has 2 aliphatic heterocycles. The molecule has 0 saturated carbocycles. The molecule has 8 nitrogen and oxygen atoms in total. The zero-order valence-corrected chi connectivity index (χ0v) is 12.2. The summed E-state index contributed by atoms with van der Waals surface area (Å²) < 4.78 is 12.2. The molecular weight excluding hydrogens is 298 g/mol. The summed E-state index contributed by atoms with van der Waals surface area (Å²) in [6.45, 7) is 1.71. The standard InChI is InChI=1S/C12H17N3O5S/c1-6(16)9-7-4-8(21(20)3-2-14-5-13)10(12(18)19)15(7)11(9)17/h5-7,9,16H,2-4H2,1H3,(H2,13,14)(H,18,19)/t6-,7-,9-,21?/m1/s1. The Kier molecular flexibility index (Phi) is 4.43. The number of carbonyl (C=O) groups excluding carboxylic acids is 1. The maximum atomic E-state index is 12.2. The SMILES string of the molecule is C[C@@H](O)[C@H]1C(=O)N2C(C(=O)O)=C(S(=O)CCN=CN)C[C@H]12. The first kappa shape index (κ1) is 15.6. The van der Waals surface area contributed by atoms with Crippen molar-refractivity contribution in [2.24, 2.45) is 16.6 Å². The number of aliphatic hydroxyl groups is 1. The third-order valence-corrected chi connectivity index (χ3v) is 5.14. The van der Waals surface area contributed by atoms with Gasteiger partial charge in [0.1, 0.15) is 5.70 Å².